The highest BCUT2D eigenvalue weighted by atomic mass is 32.1. The van der Waals surface area contributed by atoms with Crippen LogP contribution in [0.25, 0.3) is 10.6 Å². The molecule has 3 rings (SSSR count). The van der Waals surface area contributed by atoms with Crippen LogP contribution in [-0.4, -0.2) is 28.9 Å². The number of benzene rings is 1. The van der Waals surface area contributed by atoms with E-state index in [1.807, 2.05) is 11.8 Å². The summed E-state index contributed by atoms with van der Waals surface area (Å²) in [6, 6.07) is 6.18. The van der Waals surface area contributed by atoms with Crippen molar-refractivity contribution in [3.63, 3.8) is 0 Å². The topological polar surface area (TPSA) is 33.2 Å². The van der Waals surface area contributed by atoms with Crippen molar-refractivity contribution in [1.82, 2.24) is 9.88 Å². The molecule has 0 saturated heterocycles. The maximum atomic E-state index is 12.9. The fourth-order valence-corrected chi connectivity index (χ4v) is 3.03. The third-order valence-electron chi connectivity index (χ3n) is 3.66. The molecule has 110 valence electrons. The third kappa shape index (κ3) is 3.29. The second-order valence-electron chi connectivity index (χ2n) is 5.33. The van der Waals surface area contributed by atoms with E-state index in [4.69, 9.17) is 0 Å². The maximum Gasteiger partial charge on any atom is 0.273 e. The van der Waals surface area contributed by atoms with E-state index in [-0.39, 0.29) is 11.7 Å². The number of nitrogens with zero attached hydrogens (tertiary/aromatic N) is 2. The quantitative estimate of drug-likeness (QED) is 0.841. The van der Waals surface area contributed by atoms with Crippen LogP contribution >= 0.6 is 11.3 Å². The van der Waals surface area contributed by atoms with E-state index < -0.39 is 0 Å². The van der Waals surface area contributed by atoms with Gasteiger partial charge in [-0.15, -0.1) is 11.3 Å². The lowest BCUT2D eigenvalue weighted by Crippen LogP contribution is -2.32. The van der Waals surface area contributed by atoms with Crippen LogP contribution < -0.4 is 0 Å². The third-order valence-corrected chi connectivity index (χ3v) is 4.55. The number of rotatable bonds is 5. The van der Waals surface area contributed by atoms with Crippen molar-refractivity contribution in [2.45, 2.75) is 19.8 Å². The molecule has 1 amide bonds. The molecule has 1 aliphatic carbocycles. The number of aromatic nitrogens is 1. The van der Waals surface area contributed by atoms with E-state index in [0.717, 1.165) is 17.1 Å². The average Bonchev–Trinajstić information content (AvgIpc) is 3.18. The number of hydrogen-bond acceptors (Lipinski definition) is 3. The molecule has 0 spiro atoms. The van der Waals surface area contributed by atoms with Crippen LogP contribution in [0.1, 0.15) is 30.3 Å². The molecule has 3 nitrogen and oxygen atoms in total. The summed E-state index contributed by atoms with van der Waals surface area (Å²) in [4.78, 5) is 18.7. The van der Waals surface area contributed by atoms with Gasteiger partial charge in [-0.1, -0.05) is 0 Å². The molecule has 0 unspecified atom stereocenters. The van der Waals surface area contributed by atoms with Crippen molar-refractivity contribution in [2.75, 3.05) is 13.1 Å². The molecule has 0 radical (unpaired) electrons. The minimum absolute atomic E-state index is 0.00554. The van der Waals surface area contributed by atoms with Crippen LogP contribution in [0.3, 0.4) is 0 Å². The first-order valence-electron chi connectivity index (χ1n) is 7.18. The normalized spacial score (nSPS) is 14.2. The highest BCUT2D eigenvalue weighted by Crippen LogP contribution is 2.30. The Hall–Kier alpha value is -1.75. The van der Waals surface area contributed by atoms with Crippen LogP contribution in [-0.2, 0) is 0 Å². The molecule has 1 heterocycles. The monoisotopic (exact) mass is 304 g/mol. The Labute approximate surface area is 127 Å². The standard InChI is InChI=1S/C16H17FN2OS/c1-2-19(9-11-3-4-11)16(20)14-10-21-15(18-14)12-5-7-13(17)8-6-12/h5-8,10-11H,2-4,9H2,1H3. The second kappa shape index (κ2) is 5.93. The summed E-state index contributed by atoms with van der Waals surface area (Å²) in [5.41, 5.74) is 1.33. The van der Waals surface area contributed by atoms with Gasteiger partial charge in [-0.05, 0) is 49.9 Å². The molecule has 0 bridgehead atoms. The van der Waals surface area contributed by atoms with Gasteiger partial charge in [-0.2, -0.15) is 0 Å². The Bertz CT molecular complexity index is 634. The van der Waals surface area contributed by atoms with Crippen LogP contribution in [0.4, 0.5) is 4.39 Å². The van der Waals surface area contributed by atoms with Gasteiger partial charge >= 0.3 is 0 Å². The molecule has 1 aliphatic rings. The number of thiazole rings is 1. The van der Waals surface area contributed by atoms with Gasteiger partial charge in [-0.3, -0.25) is 4.79 Å². The number of carbonyl (C=O) groups excluding carboxylic acids is 1. The number of carbonyl (C=O) groups is 1. The Morgan fingerprint density at radius 2 is 2.10 bits per heavy atom. The van der Waals surface area contributed by atoms with Crippen molar-refractivity contribution in [2.24, 2.45) is 5.92 Å². The number of halogens is 1. The SMILES string of the molecule is CCN(CC1CC1)C(=O)c1csc(-c2ccc(F)cc2)n1. The summed E-state index contributed by atoms with van der Waals surface area (Å²) in [6.07, 6.45) is 2.45. The molecule has 1 fully saturated rings. The molecule has 0 aliphatic heterocycles. The summed E-state index contributed by atoms with van der Waals surface area (Å²) in [5, 5.41) is 2.54. The summed E-state index contributed by atoms with van der Waals surface area (Å²) < 4.78 is 12.9. The fourth-order valence-electron chi connectivity index (χ4n) is 2.23. The molecular weight excluding hydrogens is 287 g/mol. The molecule has 1 aromatic heterocycles. The highest BCUT2D eigenvalue weighted by Gasteiger charge is 2.27. The van der Waals surface area contributed by atoms with Gasteiger partial charge < -0.3 is 4.90 Å². The first kappa shape index (κ1) is 14.2. The zero-order valence-electron chi connectivity index (χ0n) is 11.9. The molecular formula is C16H17FN2OS. The lowest BCUT2D eigenvalue weighted by Gasteiger charge is -2.19. The van der Waals surface area contributed by atoms with Crippen molar-refractivity contribution < 1.29 is 9.18 Å². The van der Waals surface area contributed by atoms with Crippen molar-refractivity contribution in [3.8, 4) is 10.6 Å². The summed E-state index contributed by atoms with van der Waals surface area (Å²) in [7, 11) is 0. The minimum atomic E-state index is -0.270. The zero-order valence-corrected chi connectivity index (χ0v) is 12.7. The summed E-state index contributed by atoms with van der Waals surface area (Å²) >= 11 is 1.42. The van der Waals surface area contributed by atoms with Gasteiger partial charge in [0.05, 0.1) is 0 Å². The molecule has 0 atom stereocenters. The molecule has 1 aromatic carbocycles. The lowest BCUT2D eigenvalue weighted by atomic mass is 10.2. The van der Waals surface area contributed by atoms with Crippen molar-refractivity contribution in [1.29, 1.82) is 0 Å². The van der Waals surface area contributed by atoms with Gasteiger partial charge in [-0.25, -0.2) is 9.37 Å². The average molecular weight is 304 g/mol. The molecule has 5 heteroatoms. The Balaban J connectivity index is 1.76. The molecule has 0 N–H and O–H groups in total. The van der Waals surface area contributed by atoms with Gasteiger partial charge in [0, 0.05) is 24.0 Å². The van der Waals surface area contributed by atoms with Crippen molar-refractivity contribution >= 4 is 17.2 Å². The van der Waals surface area contributed by atoms with Crippen LogP contribution in [0, 0.1) is 11.7 Å². The Kier molecular flexibility index (Phi) is 4.01. The van der Waals surface area contributed by atoms with Crippen LogP contribution in [0.15, 0.2) is 29.6 Å². The Morgan fingerprint density at radius 3 is 2.71 bits per heavy atom. The number of hydrogen-bond donors (Lipinski definition) is 0. The first-order chi connectivity index (χ1) is 10.2. The van der Waals surface area contributed by atoms with Crippen LogP contribution in [0.5, 0.6) is 0 Å². The maximum absolute atomic E-state index is 12.9. The predicted octanol–water partition coefficient (Wildman–Crippen LogP) is 3.82. The minimum Gasteiger partial charge on any atom is -0.337 e. The van der Waals surface area contributed by atoms with E-state index in [1.54, 1.807) is 17.5 Å². The lowest BCUT2D eigenvalue weighted by molar-refractivity contribution is 0.0752. The van der Waals surface area contributed by atoms with Gasteiger partial charge in [0.15, 0.2) is 0 Å². The highest BCUT2D eigenvalue weighted by molar-refractivity contribution is 7.13. The predicted molar refractivity (Wildman–Crippen MR) is 81.8 cm³/mol. The van der Waals surface area contributed by atoms with Gasteiger partial charge in [0.2, 0.25) is 0 Å². The first-order valence-corrected chi connectivity index (χ1v) is 8.06. The summed E-state index contributed by atoms with van der Waals surface area (Å²) in [6.45, 7) is 3.53. The van der Waals surface area contributed by atoms with E-state index in [2.05, 4.69) is 4.98 Å². The molecule has 1 saturated carbocycles. The van der Waals surface area contributed by atoms with E-state index >= 15 is 0 Å². The van der Waals surface area contributed by atoms with E-state index in [0.29, 0.717) is 18.2 Å². The molecule has 21 heavy (non-hydrogen) atoms. The van der Waals surface area contributed by atoms with E-state index in [9.17, 15) is 9.18 Å². The van der Waals surface area contributed by atoms with Gasteiger partial charge in [0.25, 0.3) is 5.91 Å². The zero-order chi connectivity index (χ0) is 14.8. The van der Waals surface area contributed by atoms with E-state index in [1.165, 1.54) is 36.3 Å². The number of amides is 1. The van der Waals surface area contributed by atoms with Crippen LogP contribution in [0.2, 0.25) is 0 Å². The Morgan fingerprint density at radius 1 is 1.38 bits per heavy atom. The molecule has 2 aromatic rings. The summed E-state index contributed by atoms with van der Waals surface area (Å²) in [5.74, 6) is 0.395. The fraction of sp³-hybridized carbons (Fsp3) is 0.375. The largest absolute Gasteiger partial charge is 0.337 e. The smallest absolute Gasteiger partial charge is 0.273 e. The van der Waals surface area contributed by atoms with Gasteiger partial charge in [0.1, 0.15) is 16.5 Å². The van der Waals surface area contributed by atoms with Crippen molar-refractivity contribution in [3.05, 3.63) is 41.2 Å². The second-order valence-corrected chi connectivity index (χ2v) is 6.19.